The van der Waals surface area contributed by atoms with Crippen molar-refractivity contribution in [2.75, 3.05) is 32.2 Å². The van der Waals surface area contributed by atoms with Crippen molar-refractivity contribution in [1.82, 2.24) is 0 Å². The molecule has 2 N–H and O–H groups in total. The summed E-state index contributed by atoms with van der Waals surface area (Å²) in [5.41, 5.74) is 6.43. The average Bonchev–Trinajstić information content (AvgIpc) is 2.42. The highest BCUT2D eigenvalue weighted by molar-refractivity contribution is 5.51. The summed E-state index contributed by atoms with van der Waals surface area (Å²) in [5, 5.41) is 0. The summed E-state index contributed by atoms with van der Waals surface area (Å²) in [7, 11) is 0. The van der Waals surface area contributed by atoms with Gasteiger partial charge in [0, 0.05) is 6.61 Å². The number of ether oxygens (including phenoxy) is 3. The first-order valence-corrected chi connectivity index (χ1v) is 6.53. The van der Waals surface area contributed by atoms with Crippen molar-refractivity contribution in [1.29, 1.82) is 0 Å². The number of hydrogen-bond donors (Lipinski definition) is 1. The predicted octanol–water partition coefficient (Wildman–Crippen LogP) is 2.23. The molecule has 1 atom stereocenters. The smallest absolute Gasteiger partial charge is 0.142 e. The maximum absolute atomic E-state index is 5.77. The molecule has 2 rings (SSSR count). The molecule has 1 aliphatic rings. The van der Waals surface area contributed by atoms with E-state index in [9.17, 15) is 0 Å². The van der Waals surface area contributed by atoms with Crippen LogP contribution in [0, 0.1) is 0 Å². The van der Waals surface area contributed by atoms with Crippen LogP contribution in [0.25, 0.3) is 0 Å². The van der Waals surface area contributed by atoms with Gasteiger partial charge in [0.15, 0.2) is 0 Å². The van der Waals surface area contributed by atoms with E-state index in [-0.39, 0.29) is 6.10 Å². The second-order valence-corrected chi connectivity index (χ2v) is 4.45. The summed E-state index contributed by atoms with van der Waals surface area (Å²) in [6, 6.07) is 7.48. The Kier molecular flexibility index (Phi) is 5.30. The van der Waals surface area contributed by atoms with E-state index in [1.807, 2.05) is 24.3 Å². The van der Waals surface area contributed by atoms with E-state index < -0.39 is 0 Å². The fourth-order valence-corrected chi connectivity index (χ4v) is 1.98. The van der Waals surface area contributed by atoms with Crippen LogP contribution < -0.4 is 10.5 Å². The zero-order valence-electron chi connectivity index (χ0n) is 10.6. The standard InChI is InChI=1S/C14H21NO3/c15-13-6-1-2-7-14(13)18-10-9-16-11-12-5-3-4-8-17-12/h1-2,6-7,12H,3-5,8-11,15H2. The fourth-order valence-electron chi connectivity index (χ4n) is 1.98. The normalized spacial score (nSPS) is 19.7. The van der Waals surface area contributed by atoms with Gasteiger partial charge in [0.05, 0.1) is 25.0 Å². The number of hydrogen-bond acceptors (Lipinski definition) is 4. The Morgan fingerprint density at radius 1 is 1.22 bits per heavy atom. The quantitative estimate of drug-likeness (QED) is 0.622. The highest BCUT2D eigenvalue weighted by atomic mass is 16.5. The molecule has 100 valence electrons. The first kappa shape index (κ1) is 13.2. The molecule has 1 aromatic rings. The van der Waals surface area contributed by atoms with Crippen LogP contribution in [-0.2, 0) is 9.47 Å². The van der Waals surface area contributed by atoms with E-state index in [0.717, 1.165) is 18.8 Å². The van der Waals surface area contributed by atoms with Gasteiger partial charge >= 0.3 is 0 Å². The van der Waals surface area contributed by atoms with Gasteiger partial charge in [-0.05, 0) is 31.4 Å². The summed E-state index contributed by atoms with van der Waals surface area (Å²) in [4.78, 5) is 0. The minimum absolute atomic E-state index is 0.264. The van der Waals surface area contributed by atoms with Gasteiger partial charge < -0.3 is 19.9 Å². The van der Waals surface area contributed by atoms with Crippen LogP contribution >= 0.6 is 0 Å². The van der Waals surface area contributed by atoms with Crippen molar-refractivity contribution in [3.63, 3.8) is 0 Å². The van der Waals surface area contributed by atoms with E-state index >= 15 is 0 Å². The predicted molar refractivity (Wildman–Crippen MR) is 70.8 cm³/mol. The molecule has 1 heterocycles. The molecular formula is C14H21NO3. The third-order valence-electron chi connectivity index (χ3n) is 2.98. The van der Waals surface area contributed by atoms with E-state index in [1.165, 1.54) is 12.8 Å². The Balaban J connectivity index is 1.57. The Morgan fingerprint density at radius 3 is 2.89 bits per heavy atom. The van der Waals surface area contributed by atoms with Crippen molar-refractivity contribution in [3.8, 4) is 5.75 Å². The molecule has 1 aromatic carbocycles. The van der Waals surface area contributed by atoms with E-state index in [2.05, 4.69) is 0 Å². The first-order valence-electron chi connectivity index (χ1n) is 6.53. The largest absolute Gasteiger partial charge is 0.489 e. The van der Waals surface area contributed by atoms with E-state index in [4.69, 9.17) is 19.9 Å². The van der Waals surface area contributed by atoms with Crippen LogP contribution in [0.2, 0.25) is 0 Å². The first-order chi connectivity index (χ1) is 8.86. The molecule has 0 amide bonds. The number of para-hydroxylation sites is 2. The lowest BCUT2D eigenvalue weighted by molar-refractivity contribution is -0.0444. The molecular weight excluding hydrogens is 230 g/mol. The molecule has 0 radical (unpaired) electrons. The van der Waals surface area contributed by atoms with Crippen molar-refractivity contribution in [3.05, 3.63) is 24.3 Å². The monoisotopic (exact) mass is 251 g/mol. The molecule has 4 nitrogen and oxygen atoms in total. The Hall–Kier alpha value is -1.26. The average molecular weight is 251 g/mol. The maximum Gasteiger partial charge on any atom is 0.142 e. The van der Waals surface area contributed by atoms with Gasteiger partial charge in [-0.15, -0.1) is 0 Å². The summed E-state index contributed by atoms with van der Waals surface area (Å²) < 4.78 is 16.7. The molecule has 1 unspecified atom stereocenters. The topological polar surface area (TPSA) is 53.7 Å². The molecule has 1 saturated heterocycles. The number of anilines is 1. The molecule has 1 fully saturated rings. The zero-order chi connectivity index (χ0) is 12.6. The number of nitrogen functional groups attached to an aromatic ring is 1. The second-order valence-electron chi connectivity index (χ2n) is 4.45. The minimum Gasteiger partial charge on any atom is -0.489 e. The van der Waals surface area contributed by atoms with Gasteiger partial charge in [-0.3, -0.25) is 0 Å². The van der Waals surface area contributed by atoms with Crippen molar-refractivity contribution >= 4 is 5.69 Å². The van der Waals surface area contributed by atoms with Crippen LogP contribution in [0.3, 0.4) is 0 Å². The van der Waals surface area contributed by atoms with Crippen molar-refractivity contribution in [2.45, 2.75) is 25.4 Å². The number of rotatable bonds is 6. The molecule has 0 saturated carbocycles. The van der Waals surface area contributed by atoms with Crippen molar-refractivity contribution < 1.29 is 14.2 Å². The van der Waals surface area contributed by atoms with Crippen LogP contribution in [0.1, 0.15) is 19.3 Å². The second kappa shape index (κ2) is 7.24. The van der Waals surface area contributed by atoms with Gasteiger partial charge in [0.25, 0.3) is 0 Å². The molecule has 0 bridgehead atoms. The fraction of sp³-hybridized carbons (Fsp3) is 0.571. The third-order valence-corrected chi connectivity index (χ3v) is 2.98. The van der Waals surface area contributed by atoms with Crippen LogP contribution in [-0.4, -0.2) is 32.5 Å². The summed E-state index contributed by atoms with van der Waals surface area (Å²) in [5.74, 6) is 0.718. The highest BCUT2D eigenvalue weighted by Crippen LogP contribution is 2.19. The molecule has 0 aliphatic carbocycles. The Morgan fingerprint density at radius 2 is 2.11 bits per heavy atom. The van der Waals surface area contributed by atoms with E-state index in [1.54, 1.807) is 0 Å². The molecule has 1 aliphatic heterocycles. The summed E-state index contributed by atoms with van der Waals surface area (Å²) in [6.45, 7) is 2.60. The van der Waals surface area contributed by atoms with Crippen LogP contribution in [0.4, 0.5) is 5.69 Å². The lowest BCUT2D eigenvalue weighted by atomic mass is 10.1. The number of nitrogens with two attached hydrogens (primary N) is 1. The Labute approximate surface area is 108 Å². The van der Waals surface area contributed by atoms with Gasteiger partial charge in [0.2, 0.25) is 0 Å². The summed E-state index contributed by atoms with van der Waals surface area (Å²) >= 11 is 0. The number of benzene rings is 1. The maximum atomic E-state index is 5.77. The van der Waals surface area contributed by atoms with Gasteiger partial charge in [-0.1, -0.05) is 12.1 Å². The zero-order valence-corrected chi connectivity index (χ0v) is 10.6. The van der Waals surface area contributed by atoms with Crippen molar-refractivity contribution in [2.24, 2.45) is 0 Å². The van der Waals surface area contributed by atoms with Gasteiger partial charge in [0.1, 0.15) is 12.4 Å². The van der Waals surface area contributed by atoms with Gasteiger partial charge in [-0.25, -0.2) is 0 Å². The lowest BCUT2D eigenvalue weighted by Gasteiger charge is -2.22. The highest BCUT2D eigenvalue weighted by Gasteiger charge is 2.13. The summed E-state index contributed by atoms with van der Waals surface area (Å²) in [6.07, 6.45) is 3.78. The lowest BCUT2D eigenvalue weighted by Crippen LogP contribution is -2.25. The molecule has 4 heteroatoms. The molecule has 0 aromatic heterocycles. The van der Waals surface area contributed by atoms with Crippen LogP contribution in [0.5, 0.6) is 5.75 Å². The van der Waals surface area contributed by atoms with Crippen LogP contribution in [0.15, 0.2) is 24.3 Å². The minimum atomic E-state index is 0.264. The molecule has 0 spiro atoms. The van der Waals surface area contributed by atoms with Gasteiger partial charge in [-0.2, -0.15) is 0 Å². The Bertz CT molecular complexity index is 351. The SMILES string of the molecule is Nc1ccccc1OCCOCC1CCCCO1. The van der Waals surface area contributed by atoms with E-state index in [0.29, 0.717) is 25.5 Å². The third kappa shape index (κ3) is 4.20. The molecule has 18 heavy (non-hydrogen) atoms.